The summed E-state index contributed by atoms with van der Waals surface area (Å²) in [6.07, 6.45) is -0.251. The Labute approximate surface area is 87.4 Å². The first-order chi connectivity index (χ1) is 6.90. The Morgan fingerprint density at radius 1 is 1.40 bits per heavy atom. The molecule has 0 radical (unpaired) electrons. The molecular formula is C10H15F3O2. The molecule has 88 valence electrons. The molecule has 2 nitrogen and oxygen atoms in total. The normalized spacial score (nSPS) is 15.7. The summed E-state index contributed by atoms with van der Waals surface area (Å²) in [4.78, 5) is 0. The van der Waals surface area contributed by atoms with Crippen LogP contribution in [0, 0.1) is 5.92 Å². The van der Waals surface area contributed by atoms with Crippen molar-refractivity contribution in [3.8, 4) is 0 Å². The maximum Gasteiger partial charge on any atom is 0.572 e. The molecule has 0 aromatic heterocycles. The van der Waals surface area contributed by atoms with Crippen LogP contribution in [-0.2, 0) is 9.47 Å². The second-order valence-electron chi connectivity index (χ2n) is 3.00. The van der Waals surface area contributed by atoms with E-state index in [9.17, 15) is 13.2 Å². The molecule has 15 heavy (non-hydrogen) atoms. The first-order valence-corrected chi connectivity index (χ1v) is 4.48. The van der Waals surface area contributed by atoms with Crippen LogP contribution in [0.4, 0.5) is 13.2 Å². The highest BCUT2D eigenvalue weighted by molar-refractivity contribution is 5.09. The van der Waals surface area contributed by atoms with Gasteiger partial charge in [0.05, 0.1) is 6.61 Å². The third kappa shape index (κ3) is 7.02. The molecule has 0 amide bonds. The van der Waals surface area contributed by atoms with Gasteiger partial charge in [0, 0.05) is 13.0 Å². The molecule has 0 aromatic rings. The minimum absolute atomic E-state index is 0.151. The predicted molar refractivity (Wildman–Crippen MR) is 51.1 cm³/mol. The fourth-order valence-electron chi connectivity index (χ4n) is 0.956. The first-order valence-electron chi connectivity index (χ1n) is 4.48. The number of rotatable bonds is 5. The molecule has 0 saturated carbocycles. The summed E-state index contributed by atoms with van der Waals surface area (Å²) in [5, 5.41) is 0. The lowest BCUT2D eigenvalue weighted by Gasteiger charge is -2.17. The van der Waals surface area contributed by atoms with Gasteiger partial charge >= 0.3 is 6.36 Å². The molecule has 0 saturated heterocycles. The quantitative estimate of drug-likeness (QED) is 0.527. The molecule has 0 fully saturated rings. The zero-order valence-corrected chi connectivity index (χ0v) is 8.97. The van der Waals surface area contributed by atoms with Gasteiger partial charge in [-0.15, -0.1) is 13.2 Å². The molecule has 0 spiro atoms. The van der Waals surface area contributed by atoms with Gasteiger partial charge in [-0.3, -0.25) is 0 Å². The monoisotopic (exact) mass is 224 g/mol. The van der Waals surface area contributed by atoms with E-state index in [1.165, 1.54) is 19.3 Å². The Bertz CT molecular complexity index is 231. The van der Waals surface area contributed by atoms with E-state index >= 15 is 0 Å². The summed E-state index contributed by atoms with van der Waals surface area (Å²) < 4.78 is 44.7. The Morgan fingerprint density at radius 2 is 2.00 bits per heavy atom. The number of allylic oxidation sites excluding steroid dienone is 3. The zero-order valence-electron chi connectivity index (χ0n) is 8.97. The topological polar surface area (TPSA) is 18.5 Å². The van der Waals surface area contributed by atoms with Crippen molar-refractivity contribution in [3.63, 3.8) is 0 Å². The number of hydrogen-bond donors (Lipinski definition) is 0. The van der Waals surface area contributed by atoms with E-state index in [0.29, 0.717) is 0 Å². The highest BCUT2D eigenvalue weighted by Gasteiger charge is 2.33. The molecule has 5 heteroatoms. The van der Waals surface area contributed by atoms with Gasteiger partial charge in [0.2, 0.25) is 0 Å². The predicted octanol–water partition coefficient (Wildman–Crippen LogP) is 3.27. The van der Waals surface area contributed by atoms with E-state index in [2.05, 4.69) is 4.74 Å². The van der Waals surface area contributed by atoms with E-state index in [4.69, 9.17) is 4.74 Å². The van der Waals surface area contributed by atoms with Crippen LogP contribution in [-0.4, -0.2) is 20.1 Å². The number of halogens is 3. The Balaban J connectivity index is 4.58. The summed E-state index contributed by atoms with van der Waals surface area (Å²) in [6.45, 7) is 3.49. The molecule has 1 atom stereocenters. The summed E-state index contributed by atoms with van der Waals surface area (Å²) in [5.74, 6) is -0.588. The van der Waals surface area contributed by atoms with Gasteiger partial charge in [0.25, 0.3) is 0 Å². The first kappa shape index (κ1) is 14.0. The number of ether oxygens (including phenoxy) is 2. The van der Waals surface area contributed by atoms with Crippen molar-refractivity contribution < 1.29 is 22.6 Å². The standard InChI is InChI=1S/C10H15F3O2/c1-4-5-6-9(8(2)7-14-3)15-10(11,12)13/h4-6,8H,7H2,1-3H3/b5-4-,9-6+. The van der Waals surface area contributed by atoms with Gasteiger partial charge in [-0.2, -0.15) is 0 Å². The van der Waals surface area contributed by atoms with Crippen LogP contribution in [0.25, 0.3) is 0 Å². The Hall–Kier alpha value is -0.970. The smallest absolute Gasteiger partial charge is 0.410 e. The second-order valence-corrected chi connectivity index (χ2v) is 3.00. The van der Waals surface area contributed by atoms with Crippen molar-refractivity contribution in [1.29, 1.82) is 0 Å². The molecule has 0 N–H and O–H groups in total. The van der Waals surface area contributed by atoms with Crippen LogP contribution in [0.3, 0.4) is 0 Å². The van der Waals surface area contributed by atoms with Gasteiger partial charge in [-0.1, -0.05) is 19.1 Å². The van der Waals surface area contributed by atoms with Crippen molar-refractivity contribution in [2.45, 2.75) is 20.2 Å². The van der Waals surface area contributed by atoms with Gasteiger partial charge in [-0.25, -0.2) is 0 Å². The average Bonchev–Trinajstić information content (AvgIpc) is 2.10. The van der Waals surface area contributed by atoms with Gasteiger partial charge in [0.15, 0.2) is 0 Å². The second kappa shape index (κ2) is 6.50. The van der Waals surface area contributed by atoms with Crippen LogP contribution in [0.15, 0.2) is 24.0 Å². The van der Waals surface area contributed by atoms with Gasteiger partial charge < -0.3 is 9.47 Å². The third-order valence-corrected chi connectivity index (χ3v) is 1.59. The summed E-state index contributed by atoms with van der Waals surface area (Å²) in [5.41, 5.74) is 0. The van der Waals surface area contributed by atoms with Crippen LogP contribution < -0.4 is 0 Å². The van der Waals surface area contributed by atoms with Crippen LogP contribution >= 0.6 is 0 Å². The van der Waals surface area contributed by atoms with E-state index in [-0.39, 0.29) is 12.4 Å². The maximum atomic E-state index is 12.0. The molecule has 0 aliphatic rings. The number of alkyl halides is 3. The highest BCUT2D eigenvalue weighted by Crippen LogP contribution is 2.25. The summed E-state index contributed by atoms with van der Waals surface area (Å²) >= 11 is 0. The molecule has 0 heterocycles. The van der Waals surface area contributed by atoms with Crippen molar-refractivity contribution in [2.75, 3.05) is 13.7 Å². The van der Waals surface area contributed by atoms with Gasteiger partial charge in [0.1, 0.15) is 5.76 Å². The lowest BCUT2D eigenvalue weighted by molar-refractivity contribution is -0.309. The largest absolute Gasteiger partial charge is 0.572 e. The number of hydrogen-bond acceptors (Lipinski definition) is 2. The molecule has 0 aromatic carbocycles. The fraction of sp³-hybridized carbons (Fsp3) is 0.600. The molecule has 0 aliphatic carbocycles. The summed E-state index contributed by atoms with van der Waals surface area (Å²) in [6, 6.07) is 0. The van der Waals surface area contributed by atoms with Crippen molar-refractivity contribution in [2.24, 2.45) is 5.92 Å². The molecular weight excluding hydrogens is 209 g/mol. The molecule has 0 bridgehead atoms. The minimum Gasteiger partial charge on any atom is -0.410 e. The van der Waals surface area contributed by atoms with Crippen molar-refractivity contribution in [3.05, 3.63) is 24.0 Å². The van der Waals surface area contributed by atoms with Gasteiger partial charge in [-0.05, 0) is 13.0 Å². The molecule has 1 unspecified atom stereocenters. The van der Waals surface area contributed by atoms with Crippen LogP contribution in [0.1, 0.15) is 13.8 Å². The van der Waals surface area contributed by atoms with Crippen LogP contribution in [0.2, 0.25) is 0 Å². The van der Waals surface area contributed by atoms with E-state index in [1.54, 1.807) is 19.9 Å². The summed E-state index contributed by atoms with van der Waals surface area (Å²) in [7, 11) is 1.43. The molecule has 0 rings (SSSR count). The number of methoxy groups -OCH3 is 1. The maximum absolute atomic E-state index is 12.0. The van der Waals surface area contributed by atoms with Crippen molar-refractivity contribution in [1.82, 2.24) is 0 Å². The van der Waals surface area contributed by atoms with E-state index in [1.807, 2.05) is 0 Å². The lowest BCUT2D eigenvalue weighted by atomic mass is 10.1. The van der Waals surface area contributed by atoms with E-state index in [0.717, 1.165) is 0 Å². The molecule has 0 aliphatic heterocycles. The Morgan fingerprint density at radius 3 is 2.40 bits per heavy atom. The highest BCUT2D eigenvalue weighted by atomic mass is 19.4. The Kier molecular flexibility index (Phi) is 6.08. The lowest BCUT2D eigenvalue weighted by Crippen LogP contribution is -2.18. The zero-order chi connectivity index (χ0) is 11.9. The SMILES string of the molecule is C/C=C\C=C(\OC(F)(F)F)C(C)COC. The fourth-order valence-corrected chi connectivity index (χ4v) is 0.956. The third-order valence-electron chi connectivity index (χ3n) is 1.59. The average molecular weight is 224 g/mol. The van der Waals surface area contributed by atoms with E-state index < -0.39 is 12.3 Å². The van der Waals surface area contributed by atoms with Crippen molar-refractivity contribution >= 4 is 0 Å². The van der Waals surface area contributed by atoms with Crippen LogP contribution in [0.5, 0.6) is 0 Å². The minimum atomic E-state index is -4.66.